The maximum atomic E-state index is 12.2. The molecule has 2 rings (SSSR count). The second-order valence-corrected chi connectivity index (χ2v) is 5.32. The molecule has 0 bridgehead atoms. The zero-order valence-electron chi connectivity index (χ0n) is 10.1. The number of hydrogen-bond acceptors (Lipinski definition) is 3. The number of aliphatic hydroxyl groups is 1. The Bertz CT molecular complexity index is 266. The van der Waals surface area contributed by atoms with Crippen LogP contribution in [-0.2, 0) is 4.79 Å². The monoisotopic (exact) mass is 226 g/mol. The van der Waals surface area contributed by atoms with Gasteiger partial charge in [0.25, 0.3) is 0 Å². The normalized spacial score (nSPS) is 33.3. The Morgan fingerprint density at radius 3 is 2.69 bits per heavy atom. The number of carbonyl (C=O) groups excluding carboxylic acids is 1. The molecule has 4 heteroatoms. The zero-order valence-corrected chi connectivity index (χ0v) is 10.1. The summed E-state index contributed by atoms with van der Waals surface area (Å²) in [5, 5.41) is 12.8. The summed E-state index contributed by atoms with van der Waals surface area (Å²) in [5.41, 5.74) is 0. The number of hydrogen-bond donors (Lipinski definition) is 2. The molecule has 2 saturated heterocycles. The van der Waals surface area contributed by atoms with Gasteiger partial charge < -0.3 is 15.3 Å². The van der Waals surface area contributed by atoms with E-state index in [1.165, 1.54) is 0 Å². The van der Waals surface area contributed by atoms with Crippen molar-refractivity contribution in [3.05, 3.63) is 0 Å². The minimum atomic E-state index is -0.232. The van der Waals surface area contributed by atoms with Crippen LogP contribution in [0.3, 0.4) is 0 Å². The smallest absolute Gasteiger partial charge is 0.225 e. The van der Waals surface area contributed by atoms with Crippen LogP contribution < -0.4 is 5.32 Å². The van der Waals surface area contributed by atoms with E-state index >= 15 is 0 Å². The molecule has 0 aliphatic carbocycles. The fraction of sp³-hybridized carbons (Fsp3) is 0.917. The molecule has 3 atom stereocenters. The first-order valence-electron chi connectivity index (χ1n) is 6.27. The molecule has 0 aromatic rings. The van der Waals surface area contributed by atoms with E-state index in [2.05, 4.69) is 5.32 Å². The van der Waals surface area contributed by atoms with Crippen LogP contribution >= 0.6 is 0 Å². The molecular formula is C12H22N2O2. The summed E-state index contributed by atoms with van der Waals surface area (Å²) in [4.78, 5) is 14.1. The van der Waals surface area contributed by atoms with Crippen molar-refractivity contribution in [2.24, 2.45) is 17.8 Å². The molecule has 0 aromatic carbocycles. The lowest BCUT2D eigenvalue weighted by molar-refractivity contribution is -0.140. The summed E-state index contributed by atoms with van der Waals surface area (Å²) in [5.74, 6) is 1.12. The van der Waals surface area contributed by atoms with Crippen LogP contribution in [-0.4, -0.2) is 48.2 Å². The highest BCUT2D eigenvalue weighted by atomic mass is 16.3. The Morgan fingerprint density at radius 1 is 1.50 bits per heavy atom. The van der Waals surface area contributed by atoms with Gasteiger partial charge in [0.15, 0.2) is 0 Å². The summed E-state index contributed by atoms with van der Waals surface area (Å²) in [7, 11) is 0. The van der Waals surface area contributed by atoms with Crippen molar-refractivity contribution >= 4 is 5.91 Å². The van der Waals surface area contributed by atoms with Crippen molar-refractivity contribution < 1.29 is 9.90 Å². The minimum Gasteiger partial charge on any atom is -0.393 e. The first-order chi connectivity index (χ1) is 7.59. The molecule has 2 heterocycles. The molecule has 1 amide bonds. The van der Waals surface area contributed by atoms with Crippen molar-refractivity contribution in [3.63, 3.8) is 0 Å². The molecule has 0 radical (unpaired) electrons. The molecule has 0 saturated carbocycles. The van der Waals surface area contributed by atoms with Gasteiger partial charge in [0.2, 0.25) is 5.91 Å². The van der Waals surface area contributed by atoms with E-state index in [0.717, 1.165) is 26.1 Å². The number of rotatable bonds is 2. The Kier molecular flexibility index (Phi) is 3.50. The fourth-order valence-corrected chi connectivity index (χ4v) is 2.49. The third kappa shape index (κ3) is 2.23. The van der Waals surface area contributed by atoms with Crippen LogP contribution in [0.4, 0.5) is 0 Å². The van der Waals surface area contributed by atoms with Crippen LogP contribution in [0.25, 0.3) is 0 Å². The Labute approximate surface area is 97.0 Å². The maximum Gasteiger partial charge on any atom is 0.225 e. The second-order valence-electron chi connectivity index (χ2n) is 5.32. The van der Waals surface area contributed by atoms with Crippen LogP contribution in [0.2, 0.25) is 0 Å². The summed E-state index contributed by atoms with van der Waals surface area (Å²) in [6.07, 6.45) is 0.493. The van der Waals surface area contributed by atoms with Gasteiger partial charge in [-0.3, -0.25) is 4.79 Å². The van der Waals surface area contributed by atoms with Gasteiger partial charge in [-0.15, -0.1) is 0 Å². The number of piperidine rings is 1. The summed E-state index contributed by atoms with van der Waals surface area (Å²) in [6, 6.07) is 0. The summed E-state index contributed by atoms with van der Waals surface area (Å²) >= 11 is 0. The second kappa shape index (κ2) is 4.72. The van der Waals surface area contributed by atoms with E-state index < -0.39 is 0 Å². The minimum absolute atomic E-state index is 0.128. The molecule has 0 aromatic heterocycles. The van der Waals surface area contributed by atoms with E-state index in [1.54, 1.807) is 0 Å². The quantitative estimate of drug-likeness (QED) is 0.700. The average molecular weight is 226 g/mol. The number of nitrogens with one attached hydrogen (secondary N) is 1. The highest BCUT2D eigenvalue weighted by Gasteiger charge is 2.34. The molecule has 16 heavy (non-hydrogen) atoms. The number of likely N-dealkylation sites (tertiary alicyclic amines) is 1. The standard InChI is InChI=1S/C12H22N2O2/c1-8-7-14(4-3-11(8)15)12(16)9(2)10-5-13-6-10/h8-11,13,15H,3-7H2,1-2H3. The predicted molar refractivity (Wildman–Crippen MR) is 61.9 cm³/mol. The molecule has 2 aliphatic heterocycles. The van der Waals surface area contributed by atoms with Gasteiger partial charge in [-0.1, -0.05) is 13.8 Å². The van der Waals surface area contributed by atoms with E-state index in [4.69, 9.17) is 0 Å². The van der Waals surface area contributed by atoms with Crippen LogP contribution in [0.15, 0.2) is 0 Å². The van der Waals surface area contributed by atoms with Crippen molar-refractivity contribution in [2.45, 2.75) is 26.4 Å². The molecule has 4 nitrogen and oxygen atoms in total. The van der Waals surface area contributed by atoms with Gasteiger partial charge >= 0.3 is 0 Å². The van der Waals surface area contributed by atoms with Crippen LogP contribution in [0.1, 0.15) is 20.3 Å². The summed E-state index contributed by atoms with van der Waals surface area (Å²) < 4.78 is 0. The molecular weight excluding hydrogens is 204 g/mol. The molecule has 0 spiro atoms. The van der Waals surface area contributed by atoms with Crippen LogP contribution in [0.5, 0.6) is 0 Å². The Balaban J connectivity index is 1.89. The van der Waals surface area contributed by atoms with Crippen molar-refractivity contribution in [3.8, 4) is 0 Å². The van der Waals surface area contributed by atoms with Gasteiger partial charge in [0, 0.05) is 19.0 Å². The Morgan fingerprint density at radius 2 is 2.19 bits per heavy atom. The molecule has 92 valence electrons. The van der Waals surface area contributed by atoms with E-state index in [-0.39, 0.29) is 23.8 Å². The van der Waals surface area contributed by atoms with E-state index in [0.29, 0.717) is 12.5 Å². The van der Waals surface area contributed by atoms with E-state index in [9.17, 15) is 9.90 Å². The molecule has 2 N–H and O–H groups in total. The lowest BCUT2D eigenvalue weighted by Crippen LogP contribution is -2.53. The molecule has 2 aliphatic rings. The number of amides is 1. The lowest BCUT2D eigenvalue weighted by Gasteiger charge is -2.39. The topological polar surface area (TPSA) is 52.6 Å². The predicted octanol–water partition coefficient (Wildman–Crippen LogP) is 0.0712. The fourth-order valence-electron chi connectivity index (χ4n) is 2.49. The number of carbonyl (C=O) groups is 1. The molecule has 2 fully saturated rings. The maximum absolute atomic E-state index is 12.2. The van der Waals surface area contributed by atoms with Crippen molar-refractivity contribution in [2.75, 3.05) is 26.2 Å². The van der Waals surface area contributed by atoms with Gasteiger partial charge in [-0.25, -0.2) is 0 Å². The van der Waals surface area contributed by atoms with Gasteiger partial charge in [0.1, 0.15) is 0 Å². The van der Waals surface area contributed by atoms with Gasteiger partial charge in [-0.2, -0.15) is 0 Å². The summed E-state index contributed by atoms with van der Waals surface area (Å²) in [6.45, 7) is 7.42. The SMILES string of the molecule is CC1CN(C(=O)C(C)C2CNC2)CCC1O. The third-order valence-corrected chi connectivity index (χ3v) is 4.08. The van der Waals surface area contributed by atoms with Crippen molar-refractivity contribution in [1.29, 1.82) is 0 Å². The lowest BCUT2D eigenvalue weighted by atomic mass is 9.86. The van der Waals surface area contributed by atoms with Gasteiger partial charge in [-0.05, 0) is 31.3 Å². The zero-order chi connectivity index (χ0) is 11.7. The largest absolute Gasteiger partial charge is 0.393 e. The third-order valence-electron chi connectivity index (χ3n) is 4.08. The van der Waals surface area contributed by atoms with Crippen molar-refractivity contribution in [1.82, 2.24) is 10.2 Å². The molecule has 3 unspecified atom stereocenters. The average Bonchev–Trinajstić information content (AvgIpc) is 2.18. The highest BCUT2D eigenvalue weighted by molar-refractivity contribution is 5.79. The Hall–Kier alpha value is -0.610. The highest BCUT2D eigenvalue weighted by Crippen LogP contribution is 2.22. The van der Waals surface area contributed by atoms with E-state index in [1.807, 2.05) is 18.7 Å². The number of aliphatic hydroxyl groups excluding tert-OH is 1. The van der Waals surface area contributed by atoms with Crippen LogP contribution in [0, 0.1) is 17.8 Å². The first kappa shape index (κ1) is 11.9. The first-order valence-corrected chi connectivity index (χ1v) is 6.27. The van der Waals surface area contributed by atoms with Gasteiger partial charge in [0.05, 0.1) is 6.10 Å². The number of nitrogens with zero attached hydrogens (tertiary/aromatic N) is 1.